The van der Waals surface area contributed by atoms with Gasteiger partial charge in [0.05, 0.1) is 17.6 Å². The Bertz CT molecular complexity index is 960. The Kier molecular flexibility index (Phi) is 6.10. The van der Waals surface area contributed by atoms with Crippen LogP contribution < -0.4 is 4.74 Å². The van der Waals surface area contributed by atoms with Gasteiger partial charge >= 0.3 is 0 Å². The maximum absolute atomic E-state index is 12.8. The largest absolute Gasteiger partial charge is 0.496 e. The SMILES string of the molecule is COc1ccc(Cl)cc1C(=O)N1CCN(S(=O)(=O)c2cccc(Br)c2)CC1. The summed E-state index contributed by atoms with van der Waals surface area (Å²) in [7, 11) is -2.11. The topological polar surface area (TPSA) is 66.9 Å². The molecule has 1 aliphatic rings. The summed E-state index contributed by atoms with van der Waals surface area (Å²) in [6, 6.07) is 11.4. The quantitative estimate of drug-likeness (QED) is 0.684. The molecule has 0 unspecified atom stereocenters. The monoisotopic (exact) mass is 472 g/mol. The molecule has 1 saturated heterocycles. The molecule has 1 aliphatic heterocycles. The van der Waals surface area contributed by atoms with E-state index in [1.807, 2.05) is 0 Å². The van der Waals surface area contributed by atoms with Crippen molar-refractivity contribution in [1.82, 2.24) is 9.21 Å². The third kappa shape index (κ3) is 4.29. The fourth-order valence-corrected chi connectivity index (χ4v) is 5.12. The summed E-state index contributed by atoms with van der Waals surface area (Å²) >= 11 is 9.30. The summed E-state index contributed by atoms with van der Waals surface area (Å²) < 4.78 is 32.9. The summed E-state index contributed by atoms with van der Waals surface area (Å²) in [6.07, 6.45) is 0. The van der Waals surface area contributed by atoms with Crippen LogP contribution in [0, 0.1) is 0 Å². The number of piperazine rings is 1. The average molecular weight is 474 g/mol. The van der Waals surface area contributed by atoms with Crippen molar-refractivity contribution in [2.45, 2.75) is 4.90 Å². The van der Waals surface area contributed by atoms with Gasteiger partial charge < -0.3 is 9.64 Å². The molecule has 2 aromatic carbocycles. The van der Waals surface area contributed by atoms with Crippen LogP contribution in [0.15, 0.2) is 51.8 Å². The number of hydrogen-bond donors (Lipinski definition) is 0. The Balaban J connectivity index is 1.74. The lowest BCUT2D eigenvalue weighted by atomic mass is 10.1. The number of amides is 1. The number of rotatable bonds is 4. The van der Waals surface area contributed by atoms with Crippen LogP contribution >= 0.6 is 27.5 Å². The van der Waals surface area contributed by atoms with Crippen LogP contribution in [0.4, 0.5) is 0 Å². The average Bonchev–Trinajstić information content (AvgIpc) is 2.67. The van der Waals surface area contributed by atoms with Crippen LogP contribution in [-0.2, 0) is 10.0 Å². The Morgan fingerprint density at radius 3 is 2.44 bits per heavy atom. The van der Waals surface area contributed by atoms with Crippen LogP contribution in [0.25, 0.3) is 0 Å². The Labute approximate surface area is 171 Å². The molecule has 3 rings (SSSR count). The Morgan fingerprint density at radius 2 is 1.81 bits per heavy atom. The number of hydrogen-bond acceptors (Lipinski definition) is 4. The fourth-order valence-electron chi connectivity index (χ4n) is 2.93. The summed E-state index contributed by atoms with van der Waals surface area (Å²) in [5, 5.41) is 0.440. The first-order valence-electron chi connectivity index (χ1n) is 8.21. The molecule has 0 bridgehead atoms. The van der Waals surface area contributed by atoms with Crippen molar-refractivity contribution in [3.05, 3.63) is 57.5 Å². The molecule has 1 amide bonds. The Morgan fingerprint density at radius 1 is 1.11 bits per heavy atom. The maximum Gasteiger partial charge on any atom is 0.257 e. The van der Waals surface area contributed by atoms with Gasteiger partial charge in [0.1, 0.15) is 5.75 Å². The molecule has 0 aliphatic carbocycles. The molecule has 27 heavy (non-hydrogen) atoms. The van der Waals surface area contributed by atoms with Crippen molar-refractivity contribution in [3.63, 3.8) is 0 Å². The van der Waals surface area contributed by atoms with E-state index < -0.39 is 10.0 Å². The van der Waals surface area contributed by atoms with Gasteiger partial charge in [0, 0.05) is 35.7 Å². The summed E-state index contributed by atoms with van der Waals surface area (Å²) in [4.78, 5) is 14.7. The summed E-state index contributed by atoms with van der Waals surface area (Å²) in [5.41, 5.74) is 0.369. The van der Waals surface area contributed by atoms with Gasteiger partial charge in [-0.05, 0) is 36.4 Å². The van der Waals surface area contributed by atoms with Gasteiger partial charge in [0.2, 0.25) is 10.0 Å². The van der Waals surface area contributed by atoms with E-state index in [4.69, 9.17) is 16.3 Å². The second-order valence-electron chi connectivity index (χ2n) is 6.00. The van der Waals surface area contributed by atoms with E-state index in [0.29, 0.717) is 33.9 Å². The van der Waals surface area contributed by atoms with E-state index in [-0.39, 0.29) is 23.9 Å². The lowest BCUT2D eigenvalue weighted by Gasteiger charge is -2.34. The summed E-state index contributed by atoms with van der Waals surface area (Å²) in [5.74, 6) is 0.211. The first-order chi connectivity index (χ1) is 12.8. The number of halogens is 2. The molecule has 1 heterocycles. The zero-order valence-electron chi connectivity index (χ0n) is 14.6. The van der Waals surface area contributed by atoms with E-state index >= 15 is 0 Å². The molecule has 9 heteroatoms. The maximum atomic E-state index is 12.8. The van der Waals surface area contributed by atoms with Crippen molar-refractivity contribution >= 4 is 43.5 Å². The molecule has 0 radical (unpaired) electrons. The standard InChI is InChI=1S/C18H18BrClN2O4S/c1-26-17-6-5-14(20)12-16(17)18(23)21-7-9-22(10-8-21)27(24,25)15-4-2-3-13(19)11-15/h2-6,11-12H,7-10H2,1H3. The van der Waals surface area contributed by atoms with Crippen molar-refractivity contribution in [2.24, 2.45) is 0 Å². The van der Waals surface area contributed by atoms with Crippen LogP contribution in [0.1, 0.15) is 10.4 Å². The zero-order chi connectivity index (χ0) is 19.6. The number of methoxy groups -OCH3 is 1. The predicted octanol–water partition coefficient (Wildman–Crippen LogP) is 3.26. The highest BCUT2D eigenvalue weighted by Crippen LogP contribution is 2.26. The van der Waals surface area contributed by atoms with E-state index in [0.717, 1.165) is 0 Å². The van der Waals surface area contributed by atoms with Crippen molar-refractivity contribution < 1.29 is 17.9 Å². The van der Waals surface area contributed by atoms with Gasteiger partial charge in [0.15, 0.2) is 0 Å². The molecule has 6 nitrogen and oxygen atoms in total. The second kappa shape index (κ2) is 8.18. The first-order valence-corrected chi connectivity index (χ1v) is 10.8. The zero-order valence-corrected chi connectivity index (χ0v) is 17.7. The second-order valence-corrected chi connectivity index (χ2v) is 9.29. The van der Waals surface area contributed by atoms with Crippen molar-refractivity contribution in [3.8, 4) is 5.75 Å². The first kappa shape index (κ1) is 20.1. The minimum Gasteiger partial charge on any atom is -0.496 e. The molecule has 0 saturated carbocycles. The number of nitrogens with zero attached hydrogens (tertiary/aromatic N) is 2. The molecule has 2 aromatic rings. The van der Waals surface area contributed by atoms with Gasteiger partial charge in [-0.1, -0.05) is 33.6 Å². The number of ether oxygens (including phenoxy) is 1. The number of sulfonamides is 1. The minimum absolute atomic E-state index is 0.226. The molecule has 0 N–H and O–H groups in total. The highest BCUT2D eigenvalue weighted by Gasteiger charge is 2.31. The van der Waals surface area contributed by atoms with Gasteiger partial charge in [-0.2, -0.15) is 4.31 Å². The highest BCUT2D eigenvalue weighted by atomic mass is 79.9. The third-order valence-electron chi connectivity index (χ3n) is 4.35. The van der Waals surface area contributed by atoms with Crippen LogP contribution in [-0.4, -0.2) is 56.8 Å². The third-order valence-corrected chi connectivity index (χ3v) is 6.97. The predicted molar refractivity (Wildman–Crippen MR) is 107 cm³/mol. The van der Waals surface area contributed by atoms with E-state index in [1.54, 1.807) is 47.4 Å². The van der Waals surface area contributed by atoms with Gasteiger partial charge in [-0.15, -0.1) is 0 Å². The van der Waals surface area contributed by atoms with E-state index in [2.05, 4.69) is 15.9 Å². The molecule has 0 atom stereocenters. The normalized spacial score (nSPS) is 15.6. The van der Waals surface area contributed by atoms with Crippen LogP contribution in [0.5, 0.6) is 5.75 Å². The highest BCUT2D eigenvalue weighted by molar-refractivity contribution is 9.10. The summed E-state index contributed by atoms with van der Waals surface area (Å²) in [6.45, 7) is 1.04. The van der Waals surface area contributed by atoms with Gasteiger partial charge in [-0.3, -0.25) is 4.79 Å². The molecule has 1 fully saturated rings. The fraction of sp³-hybridized carbons (Fsp3) is 0.278. The van der Waals surface area contributed by atoms with E-state index in [1.165, 1.54) is 11.4 Å². The number of carbonyl (C=O) groups excluding carboxylic acids is 1. The number of carbonyl (C=O) groups is 1. The number of benzene rings is 2. The van der Waals surface area contributed by atoms with E-state index in [9.17, 15) is 13.2 Å². The van der Waals surface area contributed by atoms with Crippen LogP contribution in [0.3, 0.4) is 0 Å². The molecular weight excluding hydrogens is 456 g/mol. The molecule has 144 valence electrons. The van der Waals surface area contributed by atoms with Gasteiger partial charge in [0.25, 0.3) is 5.91 Å². The minimum atomic E-state index is -3.60. The molecular formula is C18H18BrClN2O4S. The molecule has 0 aromatic heterocycles. The van der Waals surface area contributed by atoms with Crippen molar-refractivity contribution in [1.29, 1.82) is 0 Å². The van der Waals surface area contributed by atoms with Crippen molar-refractivity contribution in [2.75, 3.05) is 33.3 Å². The molecule has 0 spiro atoms. The van der Waals surface area contributed by atoms with Crippen LogP contribution in [0.2, 0.25) is 5.02 Å². The lowest BCUT2D eigenvalue weighted by Crippen LogP contribution is -2.50. The smallest absolute Gasteiger partial charge is 0.257 e. The van der Waals surface area contributed by atoms with Gasteiger partial charge in [-0.25, -0.2) is 8.42 Å². The lowest BCUT2D eigenvalue weighted by molar-refractivity contribution is 0.0694. The Hall–Kier alpha value is -1.61.